The van der Waals surface area contributed by atoms with Crippen LogP contribution in [0.4, 0.5) is 0 Å². The summed E-state index contributed by atoms with van der Waals surface area (Å²) in [5.74, 6) is 0.460. The van der Waals surface area contributed by atoms with Crippen molar-refractivity contribution in [1.29, 1.82) is 0 Å². The molecule has 1 aromatic carbocycles. The fraction of sp³-hybridized carbons (Fsp3) is 0.417. The SMILES string of the molecule is C=C(O/C(C)=C(\C)C(=O)OCC)C1CC[C@@H](C)N(C(=O)c2ccccc2-n2nccn2)C1. The van der Waals surface area contributed by atoms with E-state index in [4.69, 9.17) is 9.47 Å². The minimum absolute atomic E-state index is 0.0462. The summed E-state index contributed by atoms with van der Waals surface area (Å²) in [6, 6.07) is 7.38. The van der Waals surface area contributed by atoms with Crippen molar-refractivity contribution < 1.29 is 19.1 Å². The van der Waals surface area contributed by atoms with E-state index in [-0.39, 0.29) is 17.9 Å². The first-order valence-corrected chi connectivity index (χ1v) is 10.8. The van der Waals surface area contributed by atoms with Gasteiger partial charge in [0.1, 0.15) is 11.5 Å². The highest BCUT2D eigenvalue weighted by Crippen LogP contribution is 2.30. The third-order valence-corrected chi connectivity index (χ3v) is 5.76. The van der Waals surface area contributed by atoms with Gasteiger partial charge in [0, 0.05) is 18.5 Å². The molecule has 2 atom stereocenters. The molecule has 0 bridgehead atoms. The largest absolute Gasteiger partial charge is 0.466 e. The van der Waals surface area contributed by atoms with Crippen LogP contribution in [0.1, 0.15) is 50.9 Å². The van der Waals surface area contributed by atoms with Gasteiger partial charge in [-0.05, 0) is 52.7 Å². The third-order valence-electron chi connectivity index (χ3n) is 5.76. The number of hydrogen-bond acceptors (Lipinski definition) is 6. The number of carbonyl (C=O) groups is 2. The van der Waals surface area contributed by atoms with Gasteiger partial charge in [-0.25, -0.2) is 4.79 Å². The maximum Gasteiger partial charge on any atom is 0.337 e. The normalized spacial score (nSPS) is 19.2. The fourth-order valence-electron chi connectivity index (χ4n) is 3.72. The van der Waals surface area contributed by atoms with Gasteiger partial charge in [0.05, 0.1) is 35.8 Å². The molecule has 8 heteroatoms. The van der Waals surface area contributed by atoms with E-state index in [1.165, 1.54) is 4.80 Å². The highest BCUT2D eigenvalue weighted by Gasteiger charge is 2.33. The number of esters is 1. The Morgan fingerprint density at radius 1 is 1.16 bits per heavy atom. The van der Waals surface area contributed by atoms with Gasteiger partial charge < -0.3 is 14.4 Å². The second kappa shape index (κ2) is 10.3. The highest BCUT2D eigenvalue weighted by molar-refractivity contribution is 5.98. The maximum atomic E-state index is 13.5. The van der Waals surface area contributed by atoms with Crippen LogP contribution in [0.5, 0.6) is 0 Å². The number of amides is 1. The first-order chi connectivity index (χ1) is 15.3. The molecule has 1 aromatic heterocycles. The number of benzene rings is 1. The molecule has 2 aromatic rings. The molecule has 0 aliphatic carbocycles. The number of aromatic nitrogens is 3. The first kappa shape index (κ1) is 23.2. The highest BCUT2D eigenvalue weighted by atomic mass is 16.5. The van der Waals surface area contributed by atoms with Crippen LogP contribution in [-0.4, -0.2) is 51.0 Å². The number of rotatable bonds is 7. The van der Waals surface area contributed by atoms with E-state index in [9.17, 15) is 9.59 Å². The molecule has 1 aliphatic rings. The Bertz CT molecular complexity index is 1010. The van der Waals surface area contributed by atoms with Crippen LogP contribution in [0.25, 0.3) is 5.69 Å². The van der Waals surface area contributed by atoms with Crippen molar-refractivity contribution in [3.05, 3.63) is 65.9 Å². The molecule has 2 heterocycles. The number of ether oxygens (including phenoxy) is 2. The molecule has 3 rings (SSSR count). The van der Waals surface area contributed by atoms with E-state index in [0.29, 0.717) is 41.5 Å². The van der Waals surface area contributed by atoms with Gasteiger partial charge in [-0.1, -0.05) is 18.7 Å². The van der Waals surface area contributed by atoms with Gasteiger partial charge in [0.15, 0.2) is 0 Å². The Hall–Kier alpha value is -3.42. The number of piperidine rings is 1. The zero-order valence-electron chi connectivity index (χ0n) is 19.1. The number of allylic oxidation sites excluding steroid dienone is 1. The average molecular weight is 439 g/mol. The van der Waals surface area contributed by atoms with E-state index >= 15 is 0 Å². The number of nitrogens with zero attached hydrogens (tertiary/aromatic N) is 4. The first-order valence-electron chi connectivity index (χ1n) is 10.8. The molecule has 1 aliphatic heterocycles. The van der Waals surface area contributed by atoms with Crippen molar-refractivity contribution in [3.63, 3.8) is 0 Å². The van der Waals surface area contributed by atoms with Crippen molar-refractivity contribution in [3.8, 4) is 5.69 Å². The second-order valence-corrected chi connectivity index (χ2v) is 7.89. The monoisotopic (exact) mass is 438 g/mol. The van der Waals surface area contributed by atoms with E-state index in [2.05, 4.69) is 16.8 Å². The number of likely N-dealkylation sites (tertiary alicyclic amines) is 1. The Morgan fingerprint density at radius 2 is 1.84 bits per heavy atom. The Kier molecular flexibility index (Phi) is 7.45. The predicted octanol–water partition coefficient (Wildman–Crippen LogP) is 3.90. The molecular formula is C24H30N4O4. The van der Waals surface area contributed by atoms with Crippen molar-refractivity contribution in [1.82, 2.24) is 19.9 Å². The smallest absolute Gasteiger partial charge is 0.337 e. The number of para-hydroxylation sites is 1. The van der Waals surface area contributed by atoms with Crippen LogP contribution >= 0.6 is 0 Å². The van der Waals surface area contributed by atoms with Crippen LogP contribution in [0.15, 0.2) is 60.3 Å². The molecule has 32 heavy (non-hydrogen) atoms. The van der Waals surface area contributed by atoms with E-state index in [0.717, 1.165) is 12.8 Å². The second-order valence-electron chi connectivity index (χ2n) is 7.89. The summed E-state index contributed by atoms with van der Waals surface area (Å²) in [5.41, 5.74) is 1.58. The van der Waals surface area contributed by atoms with Crippen molar-refractivity contribution in [2.45, 2.75) is 46.6 Å². The Labute approximate surface area is 188 Å². The standard InChI is InChI=1S/C24H30N4O4/c1-6-31-24(30)17(3)18(4)32-19(5)20-12-11-16(2)27(15-20)23(29)21-9-7-8-10-22(21)28-25-13-14-26-28/h7-10,13-14,16,20H,5-6,11-12,15H2,1-4H3/b18-17+/t16-,20?/m1/s1. The summed E-state index contributed by atoms with van der Waals surface area (Å²) in [4.78, 5) is 28.8. The molecule has 8 nitrogen and oxygen atoms in total. The van der Waals surface area contributed by atoms with Crippen LogP contribution in [-0.2, 0) is 14.3 Å². The molecule has 1 amide bonds. The summed E-state index contributed by atoms with van der Waals surface area (Å²) >= 11 is 0. The predicted molar refractivity (Wildman–Crippen MR) is 120 cm³/mol. The zero-order chi connectivity index (χ0) is 23.3. The minimum atomic E-state index is -0.407. The lowest BCUT2D eigenvalue weighted by Crippen LogP contribution is -2.46. The van der Waals surface area contributed by atoms with E-state index in [1.54, 1.807) is 39.2 Å². The van der Waals surface area contributed by atoms with Gasteiger partial charge in [-0.15, -0.1) is 0 Å². The van der Waals surface area contributed by atoms with Gasteiger partial charge in [-0.3, -0.25) is 4.79 Å². The summed E-state index contributed by atoms with van der Waals surface area (Å²) in [5, 5.41) is 8.34. The van der Waals surface area contributed by atoms with E-state index in [1.807, 2.05) is 30.0 Å². The lowest BCUT2D eigenvalue weighted by molar-refractivity contribution is -0.138. The molecule has 1 unspecified atom stereocenters. The summed E-state index contributed by atoms with van der Waals surface area (Å²) in [6.45, 7) is 12.1. The van der Waals surface area contributed by atoms with Crippen molar-refractivity contribution in [2.24, 2.45) is 5.92 Å². The molecular weight excluding hydrogens is 408 g/mol. The fourth-order valence-corrected chi connectivity index (χ4v) is 3.72. The van der Waals surface area contributed by atoms with Gasteiger partial charge in [0.2, 0.25) is 0 Å². The maximum absolute atomic E-state index is 13.5. The van der Waals surface area contributed by atoms with E-state index < -0.39 is 5.97 Å². The number of hydrogen-bond donors (Lipinski definition) is 0. The Morgan fingerprint density at radius 3 is 2.53 bits per heavy atom. The average Bonchev–Trinajstić information content (AvgIpc) is 3.33. The van der Waals surface area contributed by atoms with Crippen LogP contribution in [0.2, 0.25) is 0 Å². The van der Waals surface area contributed by atoms with Crippen LogP contribution in [0.3, 0.4) is 0 Å². The molecule has 1 fully saturated rings. The summed E-state index contributed by atoms with van der Waals surface area (Å²) in [6.07, 6.45) is 4.82. The van der Waals surface area contributed by atoms with Crippen molar-refractivity contribution in [2.75, 3.05) is 13.2 Å². The number of carbonyl (C=O) groups excluding carboxylic acids is 2. The van der Waals surface area contributed by atoms with Gasteiger partial charge in [-0.2, -0.15) is 15.0 Å². The van der Waals surface area contributed by atoms with Gasteiger partial charge >= 0.3 is 5.97 Å². The van der Waals surface area contributed by atoms with Crippen LogP contribution in [0, 0.1) is 5.92 Å². The lowest BCUT2D eigenvalue weighted by Gasteiger charge is -2.38. The third kappa shape index (κ3) is 5.07. The summed E-state index contributed by atoms with van der Waals surface area (Å²) < 4.78 is 10.9. The lowest BCUT2D eigenvalue weighted by atomic mass is 9.91. The molecule has 0 radical (unpaired) electrons. The summed E-state index contributed by atoms with van der Waals surface area (Å²) in [7, 11) is 0. The molecule has 1 saturated heterocycles. The topological polar surface area (TPSA) is 86.5 Å². The quantitative estimate of drug-likeness (QED) is 0.370. The molecule has 0 N–H and O–H groups in total. The van der Waals surface area contributed by atoms with Crippen LogP contribution < -0.4 is 0 Å². The van der Waals surface area contributed by atoms with Crippen molar-refractivity contribution >= 4 is 11.9 Å². The molecule has 0 saturated carbocycles. The minimum Gasteiger partial charge on any atom is -0.466 e. The van der Waals surface area contributed by atoms with Gasteiger partial charge in [0.25, 0.3) is 5.91 Å². The zero-order valence-corrected chi connectivity index (χ0v) is 19.1. The molecule has 0 spiro atoms. The molecule has 170 valence electrons. The Balaban J connectivity index is 1.76.